The number of aliphatic imine (C=N–C) groups is 2. The molecule has 3 heterocycles. The average Bonchev–Trinajstić information content (AvgIpc) is 3.61. The highest BCUT2D eigenvalue weighted by Crippen LogP contribution is 2.24. The SMILES string of the molecule is C(/C1=N[C@H](c2ccccc2)CO1)=c1\[nH]/c(=C/C2=N[C@H](c3ccccc3)CO2)c2ccccc12. The summed E-state index contributed by atoms with van der Waals surface area (Å²) in [6, 6.07) is 28.8. The third-order valence-electron chi connectivity index (χ3n) is 6.03. The summed E-state index contributed by atoms with van der Waals surface area (Å²) < 4.78 is 11.8. The van der Waals surface area contributed by atoms with Crippen molar-refractivity contribution in [2.24, 2.45) is 9.98 Å². The van der Waals surface area contributed by atoms with Crippen LogP contribution in [-0.4, -0.2) is 30.0 Å². The highest BCUT2D eigenvalue weighted by Gasteiger charge is 2.20. The van der Waals surface area contributed by atoms with Gasteiger partial charge in [-0.3, -0.25) is 0 Å². The van der Waals surface area contributed by atoms with Gasteiger partial charge in [0.15, 0.2) is 0 Å². The van der Waals surface area contributed by atoms with Gasteiger partial charge in [-0.15, -0.1) is 0 Å². The van der Waals surface area contributed by atoms with Gasteiger partial charge in [-0.05, 0) is 11.1 Å². The molecule has 162 valence electrons. The molecule has 2 atom stereocenters. The molecule has 0 radical (unpaired) electrons. The van der Waals surface area contributed by atoms with Crippen LogP contribution in [0.15, 0.2) is 94.9 Å². The molecule has 0 bridgehead atoms. The van der Waals surface area contributed by atoms with Crippen molar-refractivity contribution in [2.45, 2.75) is 12.1 Å². The number of aromatic amines is 1. The maximum Gasteiger partial charge on any atom is 0.211 e. The van der Waals surface area contributed by atoms with Crippen molar-refractivity contribution < 1.29 is 9.47 Å². The Morgan fingerprint density at radius 3 is 1.48 bits per heavy atom. The molecule has 0 saturated heterocycles. The average molecular weight is 434 g/mol. The maximum atomic E-state index is 5.89. The van der Waals surface area contributed by atoms with Crippen LogP contribution in [0.2, 0.25) is 0 Å². The molecular weight excluding hydrogens is 410 g/mol. The van der Waals surface area contributed by atoms with E-state index in [1.165, 1.54) is 0 Å². The van der Waals surface area contributed by atoms with E-state index in [1.807, 2.05) is 60.7 Å². The summed E-state index contributed by atoms with van der Waals surface area (Å²) >= 11 is 0. The lowest BCUT2D eigenvalue weighted by molar-refractivity contribution is 0.323. The van der Waals surface area contributed by atoms with Crippen LogP contribution in [0.1, 0.15) is 23.2 Å². The molecule has 1 N–H and O–H groups in total. The molecule has 6 rings (SSSR count). The fourth-order valence-corrected chi connectivity index (χ4v) is 4.34. The van der Waals surface area contributed by atoms with Gasteiger partial charge in [-0.1, -0.05) is 84.9 Å². The smallest absolute Gasteiger partial charge is 0.211 e. The minimum Gasteiger partial charge on any atom is -0.475 e. The van der Waals surface area contributed by atoms with Gasteiger partial charge in [0.05, 0.1) is 10.7 Å². The van der Waals surface area contributed by atoms with Gasteiger partial charge in [-0.25, -0.2) is 9.98 Å². The van der Waals surface area contributed by atoms with Crippen LogP contribution in [-0.2, 0) is 9.47 Å². The summed E-state index contributed by atoms with van der Waals surface area (Å²) in [7, 11) is 0. The van der Waals surface area contributed by atoms with E-state index in [1.54, 1.807) is 0 Å². The van der Waals surface area contributed by atoms with Crippen molar-refractivity contribution >= 4 is 34.7 Å². The number of nitrogens with one attached hydrogen (secondary N) is 1. The van der Waals surface area contributed by atoms with E-state index in [2.05, 4.69) is 41.4 Å². The molecule has 1 aromatic heterocycles. The van der Waals surface area contributed by atoms with E-state index in [0.29, 0.717) is 25.0 Å². The van der Waals surface area contributed by atoms with Crippen LogP contribution in [0.4, 0.5) is 0 Å². The number of nitrogens with zero attached hydrogens (tertiary/aromatic N) is 2. The Kier molecular flexibility index (Phi) is 5.00. The normalized spacial score (nSPS) is 21.1. The van der Waals surface area contributed by atoms with Crippen LogP contribution < -0.4 is 10.7 Å². The molecule has 2 aliphatic rings. The lowest BCUT2D eigenvalue weighted by Crippen LogP contribution is -2.14. The molecule has 0 amide bonds. The van der Waals surface area contributed by atoms with E-state index in [4.69, 9.17) is 19.5 Å². The Labute approximate surface area is 191 Å². The zero-order valence-electron chi connectivity index (χ0n) is 18.0. The van der Waals surface area contributed by atoms with Crippen molar-refractivity contribution in [1.82, 2.24) is 4.98 Å². The minimum absolute atomic E-state index is 0.0286. The Morgan fingerprint density at radius 2 is 1.03 bits per heavy atom. The number of hydrogen-bond donors (Lipinski definition) is 1. The summed E-state index contributed by atoms with van der Waals surface area (Å²) in [5.41, 5.74) is 2.33. The quantitative estimate of drug-likeness (QED) is 0.528. The van der Waals surface area contributed by atoms with Crippen LogP contribution in [0.3, 0.4) is 0 Å². The van der Waals surface area contributed by atoms with Crippen molar-refractivity contribution in [1.29, 1.82) is 0 Å². The van der Waals surface area contributed by atoms with E-state index < -0.39 is 0 Å². The van der Waals surface area contributed by atoms with Crippen molar-refractivity contribution in [2.75, 3.05) is 13.2 Å². The van der Waals surface area contributed by atoms with Crippen molar-refractivity contribution in [3.05, 3.63) is 107 Å². The van der Waals surface area contributed by atoms with Crippen LogP contribution in [0.25, 0.3) is 22.9 Å². The maximum absolute atomic E-state index is 5.89. The zero-order chi connectivity index (χ0) is 22.0. The van der Waals surface area contributed by atoms with Gasteiger partial charge in [0, 0.05) is 22.9 Å². The Morgan fingerprint density at radius 1 is 0.606 bits per heavy atom. The molecule has 0 aliphatic carbocycles. The number of ether oxygens (including phenoxy) is 2. The molecule has 5 heteroatoms. The number of H-pyrrole nitrogens is 1. The molecule has 3 aromatic carbocycles. The molecule has 33 heavy (non-hydrogen) atoms. The zero-order valence-corrected chi connectivity index (χ0v) is 18.0. The van der Waals surface area contributed by atoms with E-state index in [9.17, 15) is 0 Å². The molecular formula is C28H23N3O2. The van der Waals surface area contributed by atoms with Crippen molar-refractivity contribution in [3.63, 3.8) is 0 Å². The summed E-state index contributed by atoms with van der Waals surface area (Å²) in [5, 5.41) is 4.14. The summed E-state index contributed by atoms with van der Waals surface area (Å²) in [4.78, 5) is 13.1. The number of rotatable bonds is 4. The highest BCUT2D eigenvalue weighted by molar-refractivity contribution is 6.09. The van der Waals surface area contributed by atoms with Gasteiger partial charge in [0.25, 0.3) is 0 Å². The van der Waals surface area contributed by atoms with E-state index >= 15 is 0 Å². The summed E-state index contributed by atoms with van der Waals surface area (Å²) in [6.45, 7) is 1.11. The van der Waals surface area contributed by atoms with Gasteiger partial charge >= 0.3 is 0 Å². The first kappa shape index (κ1) is 19.6. The van der Waals surface area contributed by atoms with Gasteiger partial charge in [0.2, 0.25) is 11.8 Å². The Hall–Kier alpha value is -4.12. The van der Waals surface area contributed by atoms with Crippen LogP contribution in [0.5, 0.6) is 0 Å². The van der Waals surface area contributed by atoms with Gasteiger partial charge < -0.3 is 14.5 Å². The molecule has 0 unspecified atom stereocenters. The second-order valence-corrected chi connectivity index (χ2v) is 8.20. The fourth-order valence-electron chi connectivity index (χ4n) is 4.34. The Bertz CT molecular complexity index is 1360. The predicted octanol–water partition coefficient (Wildman–Crippen LogP) is 4.07. The van der Waals surface area contributed by atoms with Gasteiger partial charge in [0.1, 0.15) is 25.3 Å². The fraction of sp³-hybridized carbons (Fsp3) is 0.143. The number of benzene rings is 3. The summed E-state index contributed by atoms with van der Waals surface area (Å²) in [6.07, 6.45) is 3.96. The second kappa shape index (κ2) is 8.43. The third kappa shape index (κ3) is 3.94. The molecule has 4 aromatic rings. The van der Waals surface area contributed by atoms with E-state index in [-0.39, 0.29) is 12.1 Å². The van der Waals surface area contributed by atoms with Gasteiger partial charge in [-0.2, -0.15) is 0 Å². The topological polar surface area (TPSA) is 59.0 Å². The first-order chi connectivity index (χ1) is 16.3. The molecule has 5 nitrogen and oxygen atoms in total. The van der Waals surface area contributed by atoms with Crippen molar-refractivity contribution in [3.8, 4) is 0 Å². The molecule has 0 spiro atoms. The summed E-state index contributed by atoms with van der Waals surface area (Å²) in [5.74, 6) is 1.28. The monoisotopic (exact) mass is 433 g/mol. The highest BCUT2D eigenvalue weighted by atomic mass is 16.5. The number of aromatic nitrogens is 1. The Balaban J connectivity index is 1.37. The van der Waals surface area contributed by atoms with Crippen LogP contribution >= 0.6 is 0 Å². The first-order valence-corrected chi connectivity index (χ1v) is 11.1. The number of fused-ring (bicyclic) bond motifs is 1. The predicted molar refractivity (Wildman–Crippen MR) is 132 cm³/mol. The minimum atomic E-state index is 0.0286. The number of hydrogen-bond acceptors (Lipinski definition) is 4. The lowest BCUT2D eigenvalue weighted by atomic mass is 10.1. The molecule has 0 fully saturated rings. The second-order valence-electron chi connectivity index (χ2n) is 8.20. The standard InChI is InChI=1S/C28H23N3O2/c1-3-9-19(10-4-1)25-17-32-27(30-25)15-23-21-13-7-8-14-22(21)24(29-23)16-28-31-26(18-33-28)20-11-5-2-6-12-20/h1-16,25-26,29H,17-18H2/b23-15+,24-16+/t25-,26-/m0/s1. The third-order valence-corrected chi connectivity index (χ3v) is 6.03. The lowest BCUT2D eigenvalue weighted by Gasteiger charge is -2.03. The molecule has 0 saturated carbocycles. The largest absolute Gasteiger partial charge is 0.475 e. The van der Waals surface area contributed by atoms with E-state index in [0.717, 1.165) is 32.6 Å². The first-order valence-electron chi connectivity index (χ1n) is 11.1. The molecule has 2 aliphatic heterocycles. The van der Waals surface area contributed by atoms with Crippen LogP contribution in [0, 0.1) is 0 Å².